The Hall–Kier alpha value is -1.27. The first-order valence-electron chi connectivity index (χ1n) is 11.4. The zero-order chi connectivity index (χ0) is 23.8. The highest BCUT2D eigenvalue weighted by Gasteiger charge is 2.25. The highest BCUT2D eigenvalue weighted by molar-refractivity contribution is 14.1. The molecule has 2 saturated heterocycles. The molecule has 0 bridgehead atoms. The summed E-state index contributed by atoms with van der Waals surface area (Å²) in [7, 11) is 0. The Morgan fingerprint density at radius 2 is 1.18 bits per heavy atom. The molecule has 2 heterocycles. The first kappa shape index (κ1) is 26.3. The fourth-order valence-corrected chi connectivity index (χ4v) is 4.42. The Morgan fingerprint density at radius 1 is 0.758 bits per heavy atom. The fraction of sp³-hybridized carbons (Fsp3) is 0.480. The molecule has 0 atom stereocenters. The number of halogens is 2. The highest BCUT2D eigenvalue weighted by Crippen LogP contribution is 2.19. The van der Waals surface area contributed by atoms with E-state index >= 15 is 0 Å². The van der Waals surface area contributed by atoms with Crippen LogP contribution in [0.25, 0.3) is 0 Å². The molecule has 0 unspecified atom stereocenters. The number of hydrogen-bond donors (Lipinski definition) is 1. The van der Waals surface area contributed by atoms with Gasteiger partial charge < -0.3 is 24.8 Å². The highest BCUT2D eigenvalue weighted by atomic mass is 127. The van der Waals surface area contributed by atoms with Crippen molar-refractivity contribution in [2.45, 2.75) is 26.4 Å². The maximum absolute atomic E-state index is 12.0. The molecule has 2 aromatic rings. The second kappa shape index (κ2) is 12.4. The number of carbonyl (C=O) groups is 1. The maximum Gasteiger partial charge on any atom is 0.410 e. The predicted molar refractivity (Wildman–Crippen MR) is 153 cm³/mol. The first-order valence-corrected chi connectivity index (χ1v) is 13.6. The second-order valence-corrected chi connectivity index (χ2v) is 11.6. The zero-order valence-electron chi connectivity index (χ0n) is 19.7. The number of benzene rings is 2. The lowest BCUT2D eigenvalue weighted by molar-refractivity contribution is 0.0240. The molecule has 0 aromatic heterocycles. The molecule has 0 spiro atoms. The van der Waals surface area contributed by atoms with Crippen molar-refractivity contribution in [1.29, 1.82) is 0 Å². The van der Waals surface area contributed by atoms with Crippen molar-refractivity contribution in [2.75, 3.05) is 62.2 Å². The molecule has 0 aliphatic carbocycles. The molecule has 2 aliphatic heterocycles. The summed E-state index contributed by atoms with van der Waals surface area (Å²) in [6.07, 6.45) is -0.209. The van der Waals surface area contributed by atoms with Crippen molar-refractivity contribution in [1.82, 2.24) is 10.2 Å². The topological polar surface area (TPSA) is 48.1 Å². The van der Waals surface area contributed by atoms with Gasteiger partial charge in [-0.05, 0) is 114 Å². The molecular formula is C25H34I2N4O2. The Kier molecular flexibility index (Phi) is 9.93. The molecule has 2 aliphatic rings. The van der Waals surface area contributed by atoms with Crippen LogP contribution in [0.15, 0.2) is 48.5 Å². The van der Waals surface area contributed by atoms with Gasteiger partial charge in [-0.2, -0.15) is 0 Å². The molecule has 2 aromatic carbocycles. The van der Waals surface area contributed by atoms with Gasteiger partial charge in [-0.1, -0.05) is 0 Å². The van der Waals surface area contributed by atoms with Gasteiger partial charge in [-0.15, -0.1) is 0 Å². The third-order valence-corrected chi connectivity index (χ3v) is 6.87. The lowest BCUT2D eigenvalue weighted by atomic mass is 10.2. The minimum Gasteiger partial charge on any atom is -0.444 e. The van der Waals surface area contributed by atoms with Crippen LogP contribution < -0.4 is 15.1 Å². The first-order chi connectivity index (χ1) is 15.7. The van der Waals surface area contributed by atoms with Crippen molar-refractivity contribution < 1.29 is 9.53 Å². The Bertz CT molecular complexity index is 871. The van der Waals surface area contributed by atoms with Crippen LogP contribution in [0.4, 0.5) is 16.2 Å². The lowest BCUT2D eigenvalue weighted by Crippen LogP contribution is -2.50. The number of nitrogens with zero attached hydrogens (tertiary/aromatic N) is 3. The van der Waals surface area contributed by atoms with E-state index in [0.29, 0.717) is 13.1 Å². The van der Waals surface area contributed by atoms with Crippen LogP contribution in [0.2, 0.25) is 0 Å². The Balaban J connectivity index is 0.000000203. The molecule has 2 fully saturated rings. The lowest BCUT2D eigenvalue weighted by Gasteiger charge is -2.36. The van der Waals surface area contributed by atoms with Gasteiger partial charge in [-0.3, -0.25) is 0 Å². The van der Waals surface area contributed by atoms with Crippen molar-refractivity contribution in [3.05, 3.63) is 55.7 Å². The minimum absolute atomic E-state index is 0.209. The molecule has 4 rings (SSSR count). The van der Waals surface area contributed by atoms with E-state index in [-0.39, 0.29) is 6.09 Å². The summed E-state index contributed by atoms with van der Waals surface area (Å²) in [5.41, 5.74) is 2.14. The average Bonchev–Trinajstić information content (AvgIpc) is 2.80. The van der Waals surface area contributed by atoms with Crippen molar-refractivity contribution in [3.63, 3.8) is 0 Å². The number of hydrogen-bond acceptors (Lipinski definition) is 5. The van der Waals surface area contributed by atoms with Gasteiger partial charge in [0, 0.05) is 70.9 Å². The summed E-state index contributed by atoms with van der Waals surface area (Å²) >= 11 is 4.64. The molecular weight excluding hydrogens is 642 g/mol. The van der Waals surface area contributed by atoms with Gasteiger partial charge in [0.05, 0.1) is 0 Å². The number of carbonyl (C=O) groups excluding carboxylic acids is 1. The van der Waals surface area contributed by atoms with Crippen LogP contribution in [0, 0.1) is 7.14 Å². The smallest absolute Gasteiger partial charge is 0.410 e. The Morgan fingerprint density at radius 3 is 1.61 bits per heavy atom. The van der Waals surface area contributed by atoms with E-state index in [1.165, 1.54) is 18.5 Å². The quantitative estimate of drug-likeness (QED) is 0.452. The summed E-state index contributed by atoms with van der Waals surface area (Å²) in [6.45, 7) is 13.3. The van der Waals surface area contributed by atoms with Gasteiger partial charge in [0.2, 0.25) is 0 Å². The van der Waals surface area contributed by atoms with E-state index in [0.717, 1.165) is 39.3 Å². The van der Waals surface area contributed by atoms with Crippen LogP contribution in [-0.4, -0.2) is 69.0 Å². The van der Waals surface area contributed by atoms with Gasteiger partial charge >= 0.3 is 6.09 Å². The number of ether oxygens (including phenoxy) is 1. The minimum atomic E-state index is -0.426. The van der Waals surface area contributed by atoms with Gasteiger partial charge in [0.25, 0.3) is 0 Å². The van der Waals surface area contributed by atoms with Gasteiger partial charge in [0.1, 0.15) is 5.60 Å². The van der Waals surface area contributed by atoms with Gasteiger partial charge in [-0.25, -0.2) is 4.79 Å². The average molecular weight is 676 g/mol. The third-order valence-electron chi connectivity index (χ3n) is 5.43. The molecule has 1 N–H and O–H groups in total. The third kappa shape index (κ3) is 8.79. The summed E-state index contributed by atoms with van der Waals surface area (Å²) in [6, 6.07) is 17.2. The molecule has 33 heavy (non-hydrogen) atoms. The molecule has 8 heteroatoms. The van der Waals surface area contributed by atoms with E-state index in [1.807, 2.05) is 20.8 Å². The largest absolute Gasteiger partial charge is 0.444 e. The molecule has 0 saturated carbocycles. The van der Waals surface area contributed by atoms with Crippen LogP contribution in [0.1, 0.15) is 20.8 Å². The van der Waals surface area contributed by atoms with Crippen molar-refractivity contribution in [2.24, 2.45) is 0 Å². The summed E-state index contributed by atoms with van der Waals surface area (Å²) in [5, 5.41) is 3.35. The molecule has 6 nitrogen and oxygen atoms in total. The van der Waals surface area contributed by atoms with E-state index < -0.39 is 5.60 Å². The number of nitrogens with one attached hydrogen (secondary N) is 1. The number of amides is 1. The Labute approximate surface area is 225 Å². The van der Waals surface area contributed by atoms with Crippen LogP contribution in [0.3, 0.4) is 0 Å². The molecule has 1 amide bonds. The number of piperazine rings is 2. The summed E-state index contributed by atoms with van der Waals surface area (Å²) in [5.74, 6) is 0. The monoisotopic (exact) mass is 676 g/mol. The second-order valence-electron chi connectivity index (χ2n) is 9.14. The zero-order valence-corrected chi connectivity index (χ0v) is 24.0. The fourth-order valence-electron chi connectivity index (χ4n) is 3.70. The van der Waals surface area contributed by atoms with E-state index in [2.05, 4.69) is 109 Å². The maximum atomic E-state index is 12.0. The molecule has 180 valence electrons. The number of rotatable bonds is 2. The van der Waals surface area contributed by atoms with E-state index in [4.69, 9.17) is 4.74 Å². The van der Waals surface area contributed by atoms with Crippen molar-refractivity contribution in [3.8, 4) is 0 Å². The van der Waals surface area contributed by atoms with E-state index in [1.54, 1.807) is 4.90 Å². The summed E-state index contributed by atoms with van der Waals surface area (Å²) < 4.78 is 7.94. The predicted octanol–water partition coefficient (Wildman–Crippen LogP) is 5.05. The van der Waals surface area contributed by atoms with Crippen LogP contribution in [-0.2, 0) is 4.74 Å². The van der Waals surface area contributed by atoms with Gasteiger partial charge in [0.15, 0.2) is 0 Å². The summed E-state index contributed by atoms with van der Waals surface area (Å²) in [4.78, 5) is 18.5. The van der Waals surface area contributed by atoms with Crippen LogP contribution in [0.5, 0.6) is 0 Å². The molecule has 0 radical (unpaired) electrons. The number of anilines is 2. The normalized spacial score (nSPS) is 16.7. The standard InChI is InChI=1S/C15H21IN2O2.C10H13IN2/c1-15(2,3)20-14(19)18-10-8-17(9-11-18)13-6-4-12(16)5-7-13;11-9-1-3-10(4-2-9)13-7-5-12-6-8-13/h4-7H,8-11H2,1-3H3;1-4,12H,5-8H2. The SMILES string of the molecule is CC(C)(C)OC(=O)N1CCN(c2ccc(I)cc2)CC1.Ic1ccc(N2CCNCC2)cc1. The van der Waals surface area contributed by atoms with Crippen molar-refractivity contribution >= 4 is 62.6 Å². The van der Waals surface area contributed by atoms with E-state index in [9.17, 15) is 4.79 Å². The van der Waals surface area contributed by atoms with Crippen LogP contribution >= 0.6 is 45.2 Å².